The van der Waals surface area contributed by atoms with Gasteiger partial charge in [0, 0.05) is 13.2 Å². The molecule has 0 aromatic rings. The summed E-state index contributed by atoms with van der Waals surface area (Å²) in [5.74, 6) is 0. The highest BCUT2D eigenvalue weighted by molar-refractivity contribution is 4.53. The first kappa shape index (κ1) is 29.9. The smallest absolute Gasteiger partial charge is 0.0431 e. The first-order chi connectivity index (χ1) is 14.9. The van der Waals surface area contributed by atoms with Crippen LogP contribution in [0.2, 0.25) is 0 Å². The molecule has 0 bridgehead atoms. The van der Waals surface area contributed by atoms with Crippen LogP contribution in [0.4, 0.5) is 0 Å². The monoisotopic (exact) mass is 427 g/mol. The summed E-state index contributed by atoms with van der Waals surface area (Å²) in [5.41, 5.74) is 0. The van der Waals surface area contributed by atoms with Crippen molar-refractivity contribution in [3.63, 3.8) is 0 Å². The molecule has 0 aliphatic heterocycles. The molecule has 0 radical (unpaired) electrons. The molecule has 0 saturated heterocycles. The third-order valence-electron chi connectivity index (χ3n) is 6.27. The number of hydrogen-bond acceptors (Lipinski definition) is 3. The van der Waals surface area contributed by atoms with E-state index in [-0.39, 0.29) is 0 Å². The molecule has 0 saturated carbocycles. The van der Waals surface area contributed by atoms with Crippen LogP contribution in [-0.4, -0.2) is 36.5 Å². The molecule has 182 valence electrons. The molecular weight excluding hydrogens is 370 g/mol. The third-order valence-corrected chi connectivity index (χ3v) is 6.27. The summed E-state index contributed by atoms with van der Waals surface area (Å²) in [5, 5.41) is 21.1. The van der Waals surface area contributed by atoms with Gasteiger partial charge in [-0.25, -0.2) is 0 Å². The molecule has 3 heteroatoms. The molecule has 0 aromatic carbocycles. The lowest BCUT2D eigenvalue weighted by Gasteiger charge is -2.05. The van der Waals surface area contributed by atoms with Crippen molar-refractivity contribution in [1.29, 1.82) is 0 Å². The first-order valence-electron chi connectivity index (χ1n) is 13.8. The van der Waals surface area contributed by atoms with Gasteiger partial charge in [0.15, 0.2) is 0 Å². The van der Waals surface area contributed by atoms with E-state index in [0.717, 1.165) is 12.8 Å². The standard InChI is InChI=1S/C27H57NO2/c29-26-22-18-14-10-8-6-4-2-1-3-5-7-9-12-16-20-24-28-25-21-17-13-11-15-19-23-27-30/h28-30H,1-27H2. The first-order valence-corrected chi connectivity index (χ1v) is 13.8. The number of unbranched alkanes of at least 4 members (excludes halogenated alkanes) is 21. The minimum atomic E-state index is 0.360. The van der Waals surface area contributed by atoms with E-state index in [2.05, 4.69) is 5.32 Å². The van der Waals surface area contributed by atoms with Crippen LogP contribution in [0.5, 0.6) is 0 Å². The van der Waals surface area contributed by atoms with Crippen LogP contribution in [0.1, 0.15) is 148 Å². The van der Waals surface area contributed by atoms with Gasteiger partial charge in [-0.2, -0.15) is 0 Å². The number of aliphatic hydroxyl groups is 2. The van der Waals surface area contributed by atoms with Crippen LogP contribution in [-0.2, 0) is 0 Å². The van der Waals surface area contributed by atoms with Gasteiger partial charge in [-0.3, -0.25) is 0 Å². The zero-order valence-electron chi connectivity index (χ0n) is 20.5. The summed E-state index contributed by atoms with van der Waals surface area (Å²) in [7, 11) is 0. The SMILES string of the molecule is OCCCCCCCCCCCCCCCCCCNCCCCCCCCCO. The largest absolute Gasteiger partial charge is 0.396 e. The molecule has 0 heterocycles. The summed E-state index contributed by atoms with van der Waals surface area (Å²) in [6.45, 7) is 3.13. The third kappa shape index (κ3) is 27.9. The lowest BCUT2D eigenvalue weighted by molar-refractivity contribution is 0.282. The Morgan fingerprint density at radius 3 is 0.700 bits per heavy atom. The molecule has 3 N–H and O–H groups in total. The van der Waals surface area contributed by atoms with E-state index in [0.29, 0.717) is 13.2 Å². The predicted octanol–water partition coefficient (Wildman–Crippen LogP) is 7.53. The van der Waals surface area contributed by atoms with Gasteiger partial charge in [0.25, 0.3) is 0 Å². The second-order valence-corrected chi connectivity index (χ2v) is 9.33. The highest BCUT2D eigenvalue weighted by atomic mass is 16.3. The fourth-order valence-electron chi connectivity index (χ4n) is 4.21. The molecule has 0 rings (SSSR count). The molecule has 30 heavy (non-hydrogen) atoms. The van der Waals surface area contributed by atoms with Crippen LogP contribution in [0.25, 0.3) is 0 Å². The second kappa shape index (κ2) is 28.9. The molecule has 0 aliphatic rings. The lowest BCUT2D eigenvalue weighted by Crippen LogP contribution is -2.16. The summed E-state index contributed by atoms with van der Waals surface area (Å²) >= 11 is 0. The van der Waals surface area contributed by atoms with Crippen LogP contribution in [0, 0.1) is 0 Å². The van der Waals surface area contributed by atoms with E-state index in [4.69, 9.17) is 10.2 Å². The molecule has 0 unspecified atom stereocenters. The molecule has 3 nitrogen and oxygen atoms in total. The Balaban J connectivity index is 2.97. The van der Waals surface area contributed by atoms with Crippen molar-refractivity contribution in [2.45, 2.75) is 148 Å². The topological polar surface area (TPSA) is 52.5 Å². The van der Waals surface area contributed by atoms with E-state index >= 15 is 0 Å². The van der Waals surface area contributed by atoms with E-state index < -0.39 is 0 Å². The Hall–Kier alpha value is -0.120. The van der Waals surface area contributed by atoms with Crippen molar-refractivity contribution in [2.24, 2.45) is 0 Å². The Labute approximate surface area is 189 Å². The minimum Gasteiger partial charge on any atom is -0.396 e. The highest BCUT2D eigenvalue weighted by Crippen LogP contribution is 2.13. The molecule has 0 aromatic heterocycles. The zero-order chi connectivity index (χ0) is 21.8. The highest BCUT2D eigenvalue weighted by Gasteiger charge is 1.96. The lowest BCUT2D eigenvalue weighted by atomic mass is 10.0. The van der Waals surface area contributed by atoms with Crippen LogP contribution >= 0.6 is 0 Å². The fraction of sp³-hybridized carbons (Fsp3) is 1.00. The molecule has 0 atom stereocenters. The van der Waals surface area contributed by atoms with E-state index in [1.165, 1.54) is 148 Å². The fourth-order valence-corrected chi connectivity index (χ4v) is 4.21. The molecule has 0 fully saturated rings. The molecule has 0 aliphatic carbocycles. The zero-order valence-corrected chi connectivity index (χ0v) is 20.5. The van der Waals surface area contributed by atoms with Gasteiger partial charge in [-0.1, -0.05) is 122 Å². The Morgan fingerprint density at radius 2 is 0.467 bits per heavy atom. The summed E-state index contributed by atoms with van der Waals surface area (Å²) in [6.07, 6.45) is 30.8. The van der Waals surface area contributed by atoms with Crippen molar-refractivity contribution in [1.82, 2.24) is 5.32 Å². The van der Waals surface area contributed by atoms with Gasteiger partial charge in [0.05, 0.1) is 0 Å². The maximum atomic E-state index is 8.75. The number of aliphatic hydroxyl groups excluding tert-OH is 2. The minimum absolute atomic E-state index is 0.360. The Morgan fingerprint density at radius 1 is 0.267 bits per heavy atom. The van der Waals surface area contributed by atoms with E-state index in [1.807, 2.05) is 0 Å². The van der Waals surface area contributed by atoms with Gasteiger partial charge in [-0.15, -0.1) is 0 Å². The van der Waals surface area contributed by atoms with Crippen molar-refractivity contribution in [3.05, 3.63) is 0 Å². The van der Waals surface area contributed by atoms with Gasteiger partial charge < -0.3 is 15.5 Å². The number of rotatable bonds is 27. The van der Waals surface area contributed by atoms with Gasteiger partial charge in [-0.05, 0) is 38.8 Å². The van der Waals surface area contributed by atoms with Gasteiger partial charge in [0.2, 0.25) is 0 Å². The van der Waals surface area contributed by atoms with Crippen molar-refractivity contribution < 1.29 is 10.2 Å². The van der Waals surface area contributed by atoms with Crippen molar-refractivity contribution in [2.75, 3.05) is 26.3 Å². The molecule has 0 amide bonds. The van der Waals surface area contributed by atoms with E-state index in [1.54, 1.807) is 0 Å². The van der Waals surface area contributed by atoms with Gasteiger partial charge in [0.1, 0.15) is 0 Å². The number of nitrogens with one attached hydrogen (secondary N) is 1. The predicted molar refractivity (Wildman–Crippen MR) is 133 cm³/mol. The van der Waals surface area contributed by atoms with Crippen molar-refractivity contribution in [3.8, 4) is 0 Å². The van der Waals surface area contributed by atoms with Gasteiger partial charge >= 0.3 is 0 Å². The van der Waals surface area contributed by atoms with Crippen LogP contribution < -0.4 is 5.32 Å². The normalized spacial score (nSPS) is 11.4. The summed E-state index contributed by atoms with van der Waals surface area (Å²) < 4.78 is 0. The van der Waals surface area contributed by atoms with Crippen LogP contribution in [0.3, 0.4) is 0 Å². The number of hydrogen-bond donors (Lipinski definition) is 3. The maximum absolute atomic E-state index is 8.75. The van der Waals surface area contributed by atoms with E-state index in [9.17, 15) is 0 Å². The second-order valence-electron chi connectivity index (χ2n) is 9.33. The quantitative estimate of drug-likeness (QED) is 0.119. The molecule has 0 spiro atoms. The van der Waals surface area contributed by atoms with Crippen molar-refractivity contribution >= 4 is 0 Å². The average Bonchev–Trinajstić information content (AvgIpc) is 2.76. The van der Waals surface area contributed by atoms with Crippen LogP contribution in [0.15, 0.2) is 0 Å². The Kier molecular flexibility index (Phi) is 28.8. The maximum Gasteiger partial charge on any atom is 0.0431 e. The average molecular weight is 428 g/mol. The summed E-state index contributed by atoms with van der Waals surface area (Å²) in [4.78, 5) is 0. The Bertz CT molecular complexity index is 258. The molecular formula is C27H57NO2. The summed E-state index contributed by atoms with van der Waals surface area (Å²) in [6, 6.07) is 0.